The average molecular weight is 481 g/mol. The second-order valence-electron chi connectivity index (χ2n) is 8.16. The third-order valence-electron chi connectivity index (χ3n) is 5.64. The molecule has 0 aliphatic carbocycles. The van der Waals surface area contributed by atoms with E-state index in [-0.39, 0.29) is 37.8 Å². The van der Waals surface area contributed by atoms with Gasteiger partial charge < -0.3 is 19.2 Å². The fraction of sp³-hybridized carbons (Fsp3) is 0.259. The summed E-state index contributed by atoms with van der Waals surface area (Å²) in [5.74, 6) is -1.05. The van der Waals surface area contributed by atoms with Crippen LogP contribution in [0, 0.1) is 11.6 Å². The number of methoxy groups -OCH3 is 1. The SMILES string of the molecule is COc1ccccc1C1=NOC(CN(Cc2ccc(F)cc2F)C(=O)COCc2ccccc2)C1. The normalized spacial score (nSPS) is 14.8. The van der Waals surface area contributed by atoms with E-state index in [4.69, 9.17) is 14.3 Å². The maximum Gasteiger partial charge on any atom is 0.249 e. The van der Waals surface area contributed by atoms with E-state index in [0.717, 1.165) is 17.2 Å². The van der Waals surface area contributed by atoms with E-state index in [9.17, 15) is 13.6 Å². The van der Waals surface area contributed by atoms with Gasteiger partial charge in [-0.1, -0.05) is 53.7 Å². The molecule has 6 nitrogen and oxygen atoms in total. The topological polar surface area (TPSA) is 60.4 Å². The summed E-state index contributed by atoms with van der Waals surface area (Å²) in [6, 6.07) is 20.3. The van der Waals surface area contributed by atoms with Crippen molar-refractivity contribution in [2.75, 3.05) is 20.3 Å². The van der Waals surface area contributed by atoms with Crippen LogP contribution < -0.4 is 4.74 Å². The number of halogens is 2. The number of benzene rings is 3. The molecule has 0 bridgehead atoms. The van der Waals surface area contributed by atoms with Crippen molar-refractivity contribution in [3.05, 3.63) is 101 Å². The highest BCUT2D eigenvalue weighted by atomic mass is 19.1. The molecule has 1 heterocycles. The zero-order chi connectivity index (χ0) is 24.6. The van der Waals surface area contributed by atoms with Crippen LogP contribution in [0.2, 0.25) is 0 Å². The predicted molar refractivity (Wildman–Crippen MR) is 127 cm³/mol. The molecule has 0 saturated carbocycles. The van der Waals surface area contributed by atoms with Gasteiger partial charge >= 0.3 is 0 Å². The summed E-state index contributed by atoms with van der Waals surface area (Å²) < 4.78 is 38.7. The van der Waals surface area contributed by atoms with Gasteiger partial charge in [-0.05, 0) is 23.8 Å². The number of oxime groups is 1. The first-order chi connectivity index (χ1) is 17.0. The first-order valence-electron chi connectivity index (χ1n) is 11.2. The predicted octanol–water partition coefficient (Wildman–Crippen LogP) is 4.71. The van der Waals surface area contributed by atoms with Crippen LogP contribution in [-0.4, -0.2) is 42.9 Å². The molecule has 0 saturated heterocycles. The van der Waals surface area contributed by atoms with Crippen LogP contribution in [0.5, 0.6) is 5.75 Å². The van der Waals surface area contributed by atoms with E-state index in [2.05, 4.69) is 5.16 Å². The number of carbonyl (C=O) groups excluding carboxylic acids is 1. The first kappa shape index (κ1) is 24.3. The van der Waals surface area contributed by atoms with Crippen molar-refractivity contribution in [2.24, 2.45) is 5.16 Å². The van der Waals surface area contributed by atoms with E-state index < -0.39 is 17.7 Å². The van der Waals surface area contributed by atoms with Crippen molar-refractivity contribution in [1.82, 2.24) is 4.90 Å². The molecule has 8 heteroatoms. The van der Waals surface area contributed by atoms with E-state index >= 15 is 0 Å². The van der Waals surface area contributed by atoms with E-state index in [1.165, 1.54) is 17.0 Å². The summed E-state index contributed by atoms with van der Waals surface area (Å²) in [6.45, 7) is 0.187. The Hall–Kier alpha value is -3.78. The molecule has 0 aromatic heterocycles. The van der Waals surface area contributed by atoms with Crippen molar-refractivity contribution in [2.45, 2.75) is 25.7 Å². The lowest BCUT2D eigenvalue weighted by atomic mass is 10.0. The number of para-hydroxylation sites is 1. The lowest BCUT2D eigenvalue weighted by molar-refractivity contribution is -0.139. The minimum absolute atomic E-state index is 0.0521. The average Bonchev–Trinajstić information content (AvgIpc) is 3.34. The summed E-state index contributed by atoms with van der Waals surface area (Å²) in [7, 11) is 1.58. The second-order valence-corrected chi connectivity index (χ2v) is 8.16. The standard InChI is InChI=1S/C27H26F2N2O4/c1-33-26-10-6-5-9-23(26)25-14-22(35-30-25)16-31(15-20-11-12-21(28)13-24(20)29)27(32)18-34-17-19-7-3-2-4-8-19/h2-13,22H,14-18H2,1H3. The van der Waals surface area contributed by atoms with Crippen molar-refractivity contribution >= 4 is 11.6 Å². The van der Waals surface area contributed by atoms with Crippen LogP contribution in [0.3, 0.4) is 0 Å². The van der Waals surface area contributed by atoms with Gasteiger partial charge in [-0.15, -0.1) is 0 Å². The van der Waals surface area contributed by atoms with Gasteiger partial charge in [0.2, 0.25) is 5.91 Å². The fourth-order valence-electron chi connectivity index (χ4n) is 3.85. The summed E-state index contributed by atoms with van der Waals surface area (Å²) >= 11 is 0. The van der Waals surface area contributed by atoms with Crippen LogP contribution in [0.25, 0.3) is 0 Å². The Kier molecular flexibility index (Phi) is 8.05. The van der Waals surface area contributed by atoms with E-state index in [0.29, 0.717) is 17.9 Å². The minimum Gasteiger partial charge on any atom is -0.496 e. The number of hydrogen-bond acceptors (Lipinski definition) is 5. The number of amides is 1. The van der Waals surface area contributed by atoms with Crippen LogP contribution in [0.4, 0.5) is 8.78 Å². The summed E-state index contributed by atoms with van der Waals surface area (Å²) in [5, 5.41) is 4.19. The van der Waals surface area contributed by atoms with Gasteiger partial charge in [0.05, 0.1) is 26.0 Å². The molecule has 3 aromatic carbocycles. The van der Waals surface area contributed by atoms with Gasteiger partial charge in [0.25, 0.3) is 0 Å². The first-order valence-corrected chi connectivity index (χ1v) is 11.2. The van der Waals surface area contributed by atoms with Gasteiger partial charge in [0.1, 0.15) is 24.0 Å². The highest BCUT2D eigenvalue weighted by molar-refractivity contribution is 6.03. The Morgan fingerprint density at radius 2 is 1.86 bits per heavy atom. The second kappa shape index (κ2) is 11.6. The molecule has 0 spiro atoms. The fourth-order valence-corrected chi connectivity index (χ4v) is 3.85. The number of carbonyl (C=O) groups is 1. The molecule has 0 N–H and O–H groups in total. The number of nitrogens with zero attached hydrogens (tertiary/aromatic N) is 2. The molecule has 1 unspecified atom stereocenters. The number of hydrogen-bond donors (Lipinski definition) is 0. The molecule has 4 rings (SSSR count). The largest absolute Gasteiger partial charge is 0.496 e. The molecule has 1 amide bonds. The lowest BCUT2D eigenvalue weighted by Crippen LogP contribution is -2.39. The van der Waals surface area contributed by atoms with Crippen LogP contribution in [0.1, 0.15) is 23.1 Å². The molecular weight excluding hydrogens is 454 g/mol. The van der Waals surface area contributed by atoms with Gasteiger partial charge in [0.15, 0.2) is 6.10 Å². The maximum absolute atomic E-state index is 14.4. The third-order valence-corrected chi connectivity index (χ3v) is 5.64. The van der Waals surface area contributed by atoms with Gasteiger partial charge in [-0.25, -0.2) is 8.78 Å². The molecule has 35 heavy (non-hydrogen) atoms. The molecule has 1 atom stereocenters. The molecule has 1 aliphatic heterocycles. The summed E-state index contributed by atoms with van der Waals surface area (Å²) in [4.78, 5) is 20.1. The van der Waals surface area contributed by atoms with Crippen molar-refractivity contribution < 1.29 is 27.9 Å². The smallest absolute Gasteiger partial charge is 0.249 e. The van der Waals surface area contributed by atoms with Crippen molar-refractivity contribution in [3.8, 4) is 5.75 Å². The van der Waals surface area contributed by atoms with Crippen LogP contribution in [0.15, 0.2) is 78.0 Å². The molecular formula is C27H26F2N2O4. The Morgan fingerprint density at radius 1 is 1.09 bits per heavy atom. The summed E-state index contributed by atoms with van der Waals surface area (Å²) in [5.41, 5.74) is 2.65. The van der Waals surface area contributed by atoms with Crippen LogP contribution in [-0.2, 0) is 27.5 Å². The Morgan fingerprint density at radius 3 is 2.63 bits per heavy atom. The zero-order valence-electron chi connectivity index (χ0n) is 19.3. The van der Waals surface area contributed by atoms with Crippen molar-refractivity contribution in [1.29, 1.82) is 0 Å². The number of rotatable bonds is 10. The van der Waals surface area contributed by atoms with E-state index in [1.54, 1.807) is 7.11 Å². The van der Waals surface area contributed by atoms with Gasteiger partial charge in [0, 0.05) is 30.2 Å². The Labute approximate surface area is 202 Å². The highest BCUT2D eigenvalue weighted by Gasteiger charge is 2.28. The minimum atomic E-state index is -0.716. The van der Waals surface area contributed by atoms with Gasteiger partial charge in [-0.3, -0.25) is 4.79 Å². The van der Waals surface area contributed by atoms with Crippen LogP contribution >= 0.6 is 0 Å². The van der Waals surface area contributed by atoms with Crippen molar-refractivity contribution in [3.63, 3.8) is 0 Å². The maximum atomic E-state index is 14.4. The van der Waals surface area contributed by atoms with Gasteiger partial charge in [-0.2, -0.15) is 0 Å². The third kappa shape index (κ3) is 6.42. The molecule has 0 radical (unpaired) electrons. The molecule has 0 fully saturated rings. The Bertz CT molecular complexity index is 1190. The monoisotopic (exact) mass is 480 g/mol. The van der Waals surface area contributed by atoms with E-state index in [1.807, 2.05) is 54.6 Å². The number of ether oxygens (including phenoxy) is 2. The zero-order valence-corrected chi connectivity index (χ0v) is 19.3. The summed E-state index contributed by atoms with van der Waals surface area (Å²) in [6.07, 6.45) is 0.0116. The highest BCUT2D eigenvalue weighted by Crippen LogP contribution is 2.25. The molecule has 1 aliphatic rings. The Balaban J connectivity index is 1.43. The molecule has 182 valence electrons. The quantitative estimate of drug-likeness (QED) is 0.422. The molecule has 3 aromatic rings. The lowest BCUT2D eigenvalue weighted by Gasteiger charge is -2.25.